The van der Waals surface area contributed by atoms with Gasteiger partial charge < -0.3 is 5.73 Å². The van der Waals surface area contributed by atoms with Gasteiger partial charge in [-0.05, 0) is 35.9 Å². The van der Waals surface area contributed by atoms with Crippen LogP contribution in [0.25, 0.3) is 6.08 Å². The average molecular weight is 258 g/mol. The van der Waals surface area contributed by atoms with Gasteiger partial charge in [-0.2, -0.15) is 0 Å². The Labute approximate surface area is 111 Å². The second-order valence-electron chi connectivity index (χ2n) is 3.88. The van der Waals surface area contributed by atoms with E-state index in [1.165, 1.54) is 6.08 Å². The van der Waals surface area contributed by atoms with Crippen molar-refractivity contribution in [1.29, 1.82) is 0 Å². The van der Waals surface area contributed by atoms with Crippen molar-refractivity contribution in [2.75, 3.05) is 5.73 Å². The summed E-state index contributed by atoms with van der Waals surface area (Å²) in [6, 6.07) is 14.2. The normalized spacial score (nSPS) is 10.7. The maximum atomic E-state index is 11.9. The molecule has 2 aromatic carbocycles. The molecule has 2 nitrogen and oxygen atoms in total. The summed E-state index contributed by atoms with van der Waals surface area (Å²) in [5.74, 6) is -0.0812. The molecule has 0 amide bonds. The number of benzene rings is 2. The van der Waals surface area contributed by atoms with E-state index in [-0.39, 0.29) is 5.78 Å². The number of hydrogen-bond acceptors (Lipinski definition) is 2. The predicted molar refractivity (Wildman–Crippen MR) is 75.7 cm³/mol. The van der Waals surface area contributed by atoms with Crippen LogP contribution in [0, 0.1) is 0 Å². The van der Waals surface area contributed by atoms with Gasteiger partial charge in [0.1, 0.15) is 0 Å². The van der Waals surface area contributed by atoms with Crippen molar-refractivity contribution < 1.29 is 4.79 Å². The number of rotatable bonds is 3. The molecule has 0 radical (unpaired) electrons. The lowest BCUT2D eigenvalue weighted by molar-refractivity contribution is 0.104. The molecule has 0 aromatic heterocycles. The predicted octanol–water partition coefficient (Wildman–Crippen LogP) is 3.82. The number of nitrogen functional groups attached to an aromatic ring is 1. The minimum absolute atomic E-state index is 0.0812. The summed E-state index contributed by atoms with van der Waals surface area (Å²) in [5, 5.41) is 0.647. The van der Waals surface area contributed by atoms with Crippen LogP contribution in [-0.2, 0) is 0 Å². The molecule has 0 aliphatic carbocycles. The Morgan fingerprint density at radius 2 is 1.89 bits per heavy atom. The lowest BCUT2D eigenvalue weighted by Crippen LogP contribution is -1.95. The van der Waals surface area contributed by atoms with Crippen molar-refractivity contribution in [1.82, 2.24) is 0 Å². The molecule has 2 aromatic rings. The first-order chi connectivity index (χ1) is 8.65. The van der Waals surface area contributed by atoms with Gasteiger partial charge in [0.05, 0.1) is 0 Å². The Bertz CT molecular complexity index is 605. The maximum Gasteiger partial charge on any atom is 0.185 e. The molecule has 0 aliphatic rings. The molecule has 0 unspecified atom stereocenters. The van der Waals surface area contributed by atoms with E-state index in [1.807, 2.05) is 12.1 Å². The van der Waals surface area contributed by atoms with Crippen LogP contribution in [0.15, 0.2) is 54.6 Å². The van der Waals surface area contributed by atoms with Crippen molar-refractivity contribution in [2.24, 2.45) is 0 Å². The van der Waals surface area contributed by atoms with Crippen LogP contribution in [0.2, 0.25) is 5.02 Å². The molecule has 0 heterocycles. The molecule has 0 spiro atoms. The van der Waals surface area contributed by atoms with Crippen LogP contribution >= 0.6 is 11.6 Å². The Morgan fingerprint density at radius 3 is 2.61 bits per heavy atom. The number of allylic oxidation sites excluding steroid dienone is 1. The number of anilines is 1. The third kappa shape index (κ3) is 3.22. The van der Waals surface area contributed by atoms with Crippen LogP contribution in [0.4, 0.5) is 5.69 Å². The zero-order valence-electron chi connectivity index (χ0n) is 9.64. The topological polar surface area (TPSA) is 43.1 Å². The SMILES string of the molecule is Nc1cccc(C(=O)/C=C/c2cccc(Cl)c2)c1. The van der Waals surface area contributed by atoms with E-state index in [9.17, 15) is 4.79 Å². The van der Waals surface area contributed by atoms with E-state index in [0.717, 1.165) is 5.56 Å². The lowest BCUT2D eigenvalue weighted by atomic mass is 10.1. The second kappa shape index (κ2) is 5.52. The molecular weight excluding hydrogens is 246 g/mol. The number of halogens is 1. The van der Waals surface area contributed by atoms with E-state index in [4.69, 9.17) is 17.3 Å². The van der Waals surface area contributed by atoms with Gasteiger partial charge in [-0.25, -0.2) is 0 Å². The first-order valence-corrected chi connectivity index (χ1v) is 5.86. The molecule has 18 heavy (non-hydrogen) atoms. The monoisotopic (exact) mass is 257 g/mol. The van der Waals surface area contributed by atoms with Crippen LogP contribution in [-0.4, -0.2) is 5.78 Å². The van der Waals surface area contributed by atoms with Crippen molar-refractivity contribution in [3.63, 3.8) is 0 Å². The molecule has 0 aliphatic heterocycles. The van der Waals surface area contributed by atoms with E-state index in [0.29, 0.717) is 16.3 Å². The molecule has 0 fully saturated rings. The Hall–Kier alpha value is -2.06. The van der Waals surface area contributed by atoms with Crippen LogP contribution < -0.4 is 5.73 Å². The second-order valence-corrected chi connectivity index (χ2v) is 4.31. The fraction of sp³-hybridized carbons (Fsp3) is 0. The molecule has 0 saturated heterocycles. The summed E-state index contributed by atoms with van der Waals surface area (Å²) in [6.07, 6.45) is 3.25. The molecule has 2 N–H and O–H groups in total. The molecule has 90 valence electrons. The number of carbonyl (C=O) groups excluding carboxylic acids is 1. The van der Waals surface area contributed by atoms with E-state index in [1.54, 1.807) is 42.5 Å². The van der Waals surface area contributed by atoms with Gasteiger partial charge in [-0.3, -0.25) is 4.79 Å². The smallest absolute Gasteiger partial charge is 0.185 e. The Kier molecular flexibility index (Phi) is 3.80. The van der Waals surface area contributed by atoms with Gasteiger partial charge in [0.15, 0.2) is 5.78 Å². The number of carbonyl (C=O) groups is 1. The largest absolute Gasteiger partial charge is 0.399 e. The van der Waals surface area contributed by atoms with Crippen molar-refractivity contribution >= 4 is 29.1 Å². The maximum absolute atomic E-state index is 11.9. The van der Waals surface area contributed by atoms with Gasteiger partial charge >= 0.3 is 0 Å². The number of hydrogen-bond donors (Lipinski definition) is 1. The molecule has 0 saturated carbocycles. The summed E-state index contributed by atoms with van der Waals surface area (Å²) < 4.78 is 0. The highest BCUT2D eigenvalue weighted by molar-refractivity contribution is 6.30. The minimum Gasteiger partial charge on any atom is -0.399 e. The minimum atomic E-state index is -0.0812. The van der Waals surface area contributed by atoms with Crippen LogP contribution in [0.3, 0.4) is 0 Å². The van der Waals surface area contributed by atoms with Crippen molar-refractivity contribution in [3.05, 3.63) is 70.8 Å². The standard InChI is InChI=1S/C15H12ClNO/c16-13-5-1-3-11(9-13)7-8-15(18)12-4-2-6-14(17)10-12/h1-10H,17H2/b8-7+. The summed E-state index contributed by atoms with van der Waals surface area (Å²) in [5.41, 5.74) is 7.68. The van der Waals surface area contributed by atoms with E-state index >= 15 is 0 Å². The summed E-state index contributed by atoms with van der Waals surface area (Å²) in [6.45, 7) is 0. The zero-order valence-corrected chi connectivity index (χ0v) is 10.4. The van der Waals surface area contributed by atoms with Gasteiger partial charge in [0.25, 0.3) is 0 Å². The third-order valence-electron chi connectivity index (χ3n) is 2.45. The fourth-order valence-electron chi connectivity index (χ4n) is 1.57. The number of nitrogens with two attached hydrogens (primary N) is 1. The molecule has 0 atom stereocenters. The first-order valence-electron chi connectivity index (χ1n) is 5.49. The van der Waals surface area contributed by atoms with Gasteiger partial charge in [-0.15, -0.1) is 0 Å². The van der Waals surface area contributed by atoms with E-state index < -0.39 is 0 Å². The molecule has 3 heteroatoms. The van der Waals surface area contributed by atoms with Crippen molar-refractivity contribution in [3.8, 4) is 0 Å². The molecule has 2 rings (SSSR count). The Balaban J connectivity index is 2.17. The highest BCUT2D eigenvalue weighted by atomic mass is 35.5. The summed E-state index contributed by atoms with van der Waals surface area (Å²) in [4.78, 5) is 11.9. The highest BCUT2D eigenvalue weighted by Gasteiger charge is 2.01. The van der Waals surface area contributed by atoms with Crippen LogP contribution in [0.1, 0.15) is 15.9 Å². The van der Waals surface area contributed by atoms with Gasteiger partial charge in [0.2, 0.25) is 0 Å². The third-order valence-corrected chi connectivity index (χ3v) is 2.68. The molecule has 0 bridgehead atoms. The fourth-order valence-corrected chi connectivity index (χ4v) is 1.77. The quantitative estimate of drug-likeness (QED) is 0.516. The first kappa shape index (κ1) is 12.4. The average Bonchev–Trinajstić information content (AvgIpc) is 2.36. The molecular formula is C15H12ClNO. The Morgan fingerprint density at radius 1 is 1.11 bits per heavy atom. The zero-order chi connectivity index (χ0) is 13.0. The number of ketones is 1. The van der Waals surface area contributed by atoms with E-state index in [2.05, 4.69) is 0 Å². The summed E-state index contributed by atoms with van der Waals surface area (Å²) in [7, 11) is 0. The lowest BCUT2D eigenvalue weighted by Gasteiger charge is -1.98. The van der Waals surface area contributed by atoms with Crippen LogP contribution in [0.5, 0.6) is 0 Å². The van der Waals surface area contributed by atoms with Gasteiger partial charge in [0, 0.05) is 16.3 Å². The van der Waals surface area contributed by atoms with Gasteiger partial charge in [-0.1, -0.05) is 41.9 Å². The highest BCUT2D eigenvalue weighted by Crippen LogP contribution is 2.13. The van der Waals surface area contributed by atoms with Crippen molar-refractivity contribution in [2.45, 2.75) is 0 Å². The summed E-state index contributed by atoms with van der Waals surface area (Å²) >= 11 is 5.86.